The quantitative estimate of drug-likeness (QED) is 0.584. The van der Waals surface area contributed by atoms with Crippen molar-refractivity contribution in [2.75, 3.05) is 19.0 Å². The van der Waals surface area contributed by atoms with Crippen LogP contribution in [0.15, 0.2) is 47.4 Å². The number of rotatable bonds is 8. The first-order valence-corrected chi connectivity index (χ1v) is 10.7. The molecule has 1 aliphatic rings. The molecule has 0 saturated carbocycles. The Labute approximate surface area is 194 Å². The van der Waals surface area contributed by atoms with Crippen LogP contribution in [0.1, 0.15) is 18.1 Å². The predicted molar refractivity (Wildman–Crippen MR) is 121 cm³/mol. The molecule has 0 unspecified atom stereocenters. The molecule has 3 amide bonds. The van der Waals surface area contributed by atoms with Crippen molar-refractivity contribution in [2.45, 2.75) is 20.0 Å². The fourth-order valence-corrected chi connectivity index (χ4v) is 3.72. The zero-order valence-electron chi connectivity index (χ0n) is 18.1. The third kappa shape index (κ3) is 5.92. The number of nitrogens with one attached hydrogen (secondary N) is 1. The lowest BCUT2D eigenvalue weighted by molar-refractivity contribution is -0.312. The maximum Gasteiger partial charge on any atom is 0.294 e. The SMILES string of the molecule is COc1cc(/C=C2\SC(=O)N(CC(=O)Nc3ccc(C)cc3)C2=O)ccc1O[C@@H](C)C(=O)[O-]. The van der Waals surface area contributed by atoms with Gasteiger partial charge >= 0.3 is 0 Å². The van der Waals surface area contributed by atoms with Crippen molar-refractivity contribution in [1.82, 2.24) is 4.90 Å². The Morgan fingerprint density at radius 3 is 2.48 bits per heavy atom. The molecule has 9 nitrogen and oxygen atoms in total. The summed E-state index contributed by atoms with van der Waals surface area (Å²) in [4.78, 5) is 49.2. The van der Waals surface area contributed by atoms with E-state index in [0.29, 0.717) is 11.3 Å². The Balaban J connectivity index is 1.71. The maximum atomic E-state index is 12.7. The first kappa shape index (κ1) is 23.9. The molecular weight excluding hydrogens is 448 g/mol. The van der Waals surface area contributed by atoms with E-state index in [2.05, 4.69) is 5.32 Å². The summed E-state index contributed by atoms with van der Waals surface area (Å²) in [6, 6.07) is 11.7. The van der Waals surface area contributed by atoms with Gasteiger partial charge in [0.1, 0.15) is 12.6 Å². The average Bonchev–Trinajstić information content (AvgIpc) is 3.03. The number of thioether (sulfide) groups is 1. The second kappa shape index (κ2) is 10.2. The minimum Gasteiger partial charge on any atom is -0.546 e. The summed E-state index contributed by atoms with van der Waals surface area (Å²) >= 11 is 0.720. The summed E-state index contributed by atoms with van der Waals surface area (Å²) < 4.78 is 10.5. The molecular formula is C23H21N2O7S-. The van der Waals surface area contributed by atoms with E-state index in [9.17, 15) is 24.3 Å². The van der Waals surface area contributed by atoms with Gasteiger partial charge in [-0.2, -0.15) is 0 Å². The molecule has 172 valence electrons. The standard InChI is InChI=1S/C23H22N2O7S/c1-13-4-7-16(8-5-13)24-20(26)12-25-21(27)19(33-23(25)30)11-15-6-9-17(18(10-15)31-3)32-14(2)22(28)29/h4-11,14H,12H2,1-3H3,(H,24,26)(H,28,29)/p-1/b19-11-/t14-/m0/s1. The van der Waals surface area contributed by atoms with E-state index in [-0.39, 0.29) is 16.4 Å². The van der Waals surface area contributed by atoms with Crippen LogP contribution in [0.5, 0.6) is 11.5 Å². The van der Waals surface area contributed by atoms with Crippen LogP contribution in [0, 0.1) is 6.92 Å². The Kier molecular flexibility index (Phi) is 7.39. The lowest BCUT2D eigenvalue weighted by atomic mass is 10.1. The zero-order chi connectivity index (χ0) is 24.1. The Hall–Kier alpha value is -3.79. The second-order valence-electron chi connectivity index (χ2n) is 7.17. The van der Waals surface area contributed by atoms with E-state index in [1.165, 1.54) is 32.2 Å². The van der Waals surface area contributed by atoms with E-state index in [1.807, 2.05) is 19.1 Å². The van der Waals surface area contributed by atoms with Crippen LogP contribution in [0.25, 0.3) is 6.08 Å². The lowest BCUT2D eigenvalue weighted by Gasteiger charge is -2.17. The molecule has 2 aromatic carbocycles. The number of anilines is 1. The number of methoxy groups -OCH3 is 1. The van der Waals surface area contributed by atoms with E-state index in [1.54, 1.807) is 18.2 Å². The summed E-state index contributed by atoms with van der Waals surface area (Å²) in [7, 11) is 1.39. The number of carbonyl (C=O) groups excluding carboxylic acids is 4. The van der Waals surface area contributed by atoms with Gasteiger partial charge in [0, 0.05) is 5.69 Å². The number of benzene rings is 2. The summed E-state index contributed by atoms with van der Waals surface area (Å²) in [6.07, 6.45) is 0.296. The number of carboxylic acids is 1. The first-order chi connectivity index (χ1) is 15.7. The molecule has 1 aliphatic heterocycles. The van der Waals surface area contributed by atoms with Gasteiger partial charge in [-0.25, -0.2) is 0 Å². The number of hydrogen-bond donors (Lipinski definition) is 1. The summed E-state index contributed by atoms with van der Waals surface area (Å²) in [5.41, 5.74) is 2.12. The van der Waals surface area contributed by atoms with Crippen LogP contribution >= 0.6 is 11.8 Å². The lowest BCUT2D eigenvalue weighted by Crippen LogP contribution is -2.37. The number of aliphatic carboxylic acids is 1. The van der Waals surface area contributed by atoms with Crippen molar-refractivity contribution in [2.24, 2.45) is 0 Å². The topological polar surface area (TPSA) is 125 Å². The highest BCUT2D eigenvalue weighted by molar-refractivity contribution is 8.18. The number of hydrogen-bond acceptors (Lipinski definition) is 8. The van der Waals surface area contributed by atoms with Gasteiger partial charge in [-0.1, -0.05) is 23.8 Å². The van der Waals surface area contributed by atoms with Gasteiger partial charge in [-0.15, -0.1) is 0 Å². The van der Waals surface area contributed by atoms with Gasteiger partial charge in [0.25, 0.3) is 11.1 Å². The summed E-state index contributed by atoms with van der Waals surface area (Å²) in [5.74, 6) is -2.02. The van der Waals surface area contributed by atoms with Crippen molar-refractivity contribution in [3.8, 4) is 11.5 Å². The number of imide groups is 1. The predicted octanol–water partition coefficient (Wildman–Crippen LogP) is 2.20. The van der Waals surface area contributed by atoms with E-state index < -0.39 is 35.7 Å². The van der Waals surface area contributed by atoms with E-state index in [4.69, 9.17) is 9.47 Å². The number of ether oxygens (including phenoxy) is 2. The zero-order valence-corrected chi connectivity index (χ0v) is 18.9. The molecule has 3 rings (SSSR count). The van der Waals surface area contributed by atoms with Crippen molar-refractivity contribution in [3.63, 3.8) is 0 Å². The minimum atomic E-state index is -1.37. The number of carbonyl (C=O) groups is 4. The first-order valence-electron chi connectivity index (χ1n) is 9.85. The van der Waals surface area contributed by atoms with Crippen molar-refractivity contribution >= 4 is 46.5 Å². The van der Waals surface area contributed by atoms with Gasteiger partial charge in [-0.3, -0.25) is 19.3 Å². The number of carboxylic acid groups (broad SMARTS) is 1. The molecule has 33 heavy (non-hydrogen) atoms. The van der Waals surface area contributed by atoms with Crippen LogP contribution in [-0.2, 0) is 14.4 Å². The highest BCUT2D eigenvalue weighted by Gasteiger charge is 2.36. The fourth-order valence-electron chi connectivity index (χ4n) is 2.88. The molecule has 1 atom stereocenters. The van der Waals surface area contributed by atoms with Crippen LogP contribution in [0.3, 0.4) is 0 Å². The van der Waals surface area contributed by atoms with Gasteiger partial charge in [0.15, 0.2) is 11.5 Å². The number of aryl methyl sites for hydroxylation is 1. The minimum absolute atomic E-state index is 0.141. The Morgan fingerprint density at radius 1 is 1.15 bits per heavy atom. The van der Waals surface area contributed by atoms with Crippen LogP contribution in [0.2, 0.25) is 0 Å². The molecule has 0 spiro atoms. The van der Waals surface area contributed by atoms with Gasteiger partial charge in [-0.05, 0) is 61.5 Å². The normalized spacial score (nSPS) is 15.5. The van der Waals surface area contributed by atoms with Gasteiger partial charge in [0.05, 0.1) is 18.0 Å². The second-order valence-corrected chi connectivity index (χ2v) is 8.16. The van der Waals surface area contributed by atoms with Crippen LogP contribution < -0.4 is 19.9 Å². The third-order valence-electron chi connectivity index (χ3n) is 4.63. The van der Waals surface area contributed by atoms with Gasteiger partial charge in [0.2, 0.25) is 5.91 Å². The van der Waals surface area contributed by atoms with E-state index in [0.717, 1.165) is 22.2 Å². The van der Waals surface area contributed by atoms with Crippen molar-refractivity contribution in [3.05, 3.63) is 58.5 Å². The Bertz CT molecular complexity index is 1130. The molecule has 1 N–H and O–H groups in total. The summed E-state index contributed by atoms with van der Waals surface area (Å²) in [6.45, 7) is 2.84. The molecule has 0 aliphatic carbocycles. The average molecular weight is 469 g/mol. The number of amides is 3. The fraction of sp³-hybridized carbons (Fsp3) is 0.217. The molecule has 10 heteroatoms. The maximum absolute atomic E-state index is 12.7. The summed E-state index contributed by atoms with van der Waals surface area (Å²) in [5, 5.41) is 13.0. The smallest absolute Gasteiger partial charge is 0.294 e. The largest absolute Gasteiger partial charge is 0.546 e. The Morgan fingerprint density at radius 2 is 1.85 bits per heavy atom. The molecule has 0 bridgehead atoms. The molecule has 0 aromatic heterocycles. The molecule has 1 heterocycles. The van der Waals surface area contributed by atoms with Crippen molar-refractivity contribution in [1.29, 1.82) is 0 Å². The third-order valence-corrected chi connectivity index (χ3v) is 5.54. The molecule has 1 saturated heterocycles. The highest BCUT2D eigenvalue weighted by atomic mass is 32.2. The van der Waals surface area contributed by atoms with Crippen molar-refractivity contribution < 1.29 is 33.8 Å². The molecule has 1 fully saturated rings. The monoisotopic (exact) mass is 469 g/mol. The number of nitrogens with zero attached hydrogens (tertiary/aromatic N) is 1. The molecule has 2 aromatic rings. The van der Waals surface area contributed by atoms with Gasteiger partial charge < -0.3 is 24.7 Å². The van der Waals surface area contributed by atoms with Crippen LogP contribution in [0.4, 0.5) is 10.5 Å². The van der Waals surface area contributed by atoms with E-state index >= 15 is 0 Å². The van der Waals surface area contributed by atoms with Crippen LogP contribution in [-0.4, -0.2) is 47.7 Å². The molecule has 0 radical (unpaired) electrons. The highest BCUT2D eigenvalue weighted by Crippen LogP contribution is 2.34.